The van der Waals surface area contributed by atoms with Gasteiger partial charge in [-0.2, -0.15) is 0 Å². The van der Waals surface area contributed by atoms with Gasteiger partial charge in [-0.15, -0.1) is 0 Å². The van der Waals surface area contributed by atoms with Gasteiger partial charge in [0, 0.05) is 29.9 Å². The number of anilines is 1. The normalized spacial score (nSPS) is 16.5. The Kier molecular flexibility index (Phi) is 10.7. The minimum atomic E-state index is -0.128. The van der Waals surface area contributed by atoms with Crippen molar-refractivity contribution in [3.8, 4) is 0 Å². The molecule has 3 rings (SSSR count). The first-order valence-electron chi connectivity index (χ1n) is 11.6. The molecule has 8 heteroatoms. The number of piperidine rings is 1. The zero-order valence-corrected chi connectivity index (χ0v) is 21.3. The number of hydrogen-bond acceptors (Lipinski definition) is 3. The quantitative estimate of drug-likeness (QED) is 0.284. The number of nitrogens with zero attached hydrogens (tertiary/aromatic N) is 1. The monoisotopic (exact) mass is 521 g/mol. The van der Waals surface area contributed by atoms with Crippen LogP contribution < -0.4 is 10.6 Å². The third-order valence-electron chi connectivity index (χ3n) is 5.81. The summed E-state index contributed by atoms with van der Waals surface area (Å²) in [5.74, 6) is -0.0497. The lowest BCUT2D eigenvalue weighted by Crippen LogP contribution is -2.41. The average molecular weight is 523 g/mol. The van der Waals surface area contributed by atoms with E-state index in [4.69, 9.17) is 34.8 Å². The van der Waals surface area contributed by atoms with Crippen molar-refractivity contribution in [1.29, 1.82) is 0 Å². The standard InChI is InChI=1S/C26H30Cl3N3O2/c27-21-8-10-22(11-9-21)31-26(34)20-5-4-16-32(18-20)15-3-1-2-14-30-25(33)13-7-19-6-12-23(28)24(29)17-19/h6-13,17,20H,1-5,14-16,18H2,(H,30,33)(H,31,34)/b13-7+. The highest BCUT2D eigenvalue weighted by Gasteiger charge is 2.25. The molecule has 0 saturated carbocycles. The van der Waals surface area contributed by atoms with E-state index in [0.29, 0.717) is 21.6 Å². The third-order valence-corrected chi connectivity index (χ3v) is 6.80. The van der Waals surface area contributed by atoms with Crippen molar-refractivity contribution in [1.82, 2.24) is 10.2 Å². The zero-order valence-electron chi connectivity index (χ0n) is 19.0. The molecule has 0 aliphatic carbocycles. The maximum absolute atomic E-state index is 12.6. The van der Waals surface area contributed by atoms with Crippen LogP contribution in [0.2, 0.25) is 15.1 Å². The summed E-state index contributed by atoms with van der Waals surface area (Å²) in [6.45, 7) is 3.42. The number of halogens is 3. The van der Waals surface area contributed by atoms with Gasteiger partial charge in [-0.1, -0.05) is 47.3 Å². The van der Waals surface area contributed by atoms with Crippen molar-refractivity contribution in [2.45, 2.75) is 32.1 Å². The Hall–Kier alpha value is -2.05. The SMILES string of the molecule is O=C(/C=C/c1ccc(Cl)c(Cl)c1)NCCCCCN1CCCC(C(=O)Nc2ccc(Cl)cc2)C1. The van der Waals surface area contributed by atoms with Crippen LogP contribution in [-0.2, 0) is 9.59 Å². The first kappa shape index (κ1) is 26.6. The van der Waals surface area contributed by atoms with Crippen LogP contribution in [-0.4, -0.2) is 42.9 Å². The lowest BCUT2D eigenvalue weighted by molar-refractivity contribution is -0.121. The first-order valence-corrected chi connectivity index (χ1v) is 12.7. The van der Waals surface area contributed by atoms with Crippen molar-refractivity contribution in [2.75, 3.05) is 31.5 Å². The molecular formula is C26H30Cl3N3O2. The zero-order chi connectivity index (χ0) is 24.3. The lowest BCUT2D eigenvalue weighted by atomic mass is 9.96. The van der Waals surface area contributed by atoms with Crippen molar-refractivity contribution >= 4 is 58.4 Å². The minimum Gasteiger partial charge on any atom is -0.353 e. The Bertz CT molecular complexity index is 995. The summed E-state index contributed by atoms with van der Waals surface area (Å²) in [4.78, 5) is 27.0. The van der Waals surface area contributed by atoms with Gasteiger partial charge in [-0.05, 0) is 86.8 Å². The van der Waals surface area contributed by atoms with Crippen LogP contribution >= 0.6 is 34.8 Å². The summed E-state index contributed by atoms with van der Waals surface area (Å²) in [7, 11) is 0. The summed E-state index contributed by atoms with van der Waals surface area (Å²) in [6, 6.07) is 12.4. The summed E-state index contributed by atoms with van der Waals surface area (Å²) in [6.07, 6.45) is 8.14. The number of nitrogens with one attached hydrogen (secondary N) is 2. The van der Waals surface area contributed by atoms with E-state index in [-0.39, 0.29) is 17.7 Å². The predicted octanol–water partition coefficient (Wildman–Crippen LogP) is 6.30. The highest BCUT2D eigenvalue weighted by atomic mass is 35.5. The Morgan fingerprint density at radius 2 is 1.79 bits per heavy atom. The van der Waals surface area contributed by atoms with E-state index in [2.05, 4.69) is 15.5 Å². The molecule has 2 aromatic rings. The van der Waals surface area contributed by atoms with Gasteiger partial charge < -0.3 is 15.5 Å². The third kappa shape index (κ3) is 8.95. The minimum absolute atomic E-state index is 0.00558. The van der Waals surface area contributed by atoms with Gasteiger partial charge in [-0.25, -0.2) is 0 Å². The van der Waals surface area contributed by atoms with Crippen molar-refractivity contribution < 1.29 is 9.59 Å². The molecule has 34 heavy (non-hydrogen) atoms. The fraction of sp³-hybridized carbons (Fsp3) is 0.385. The summed E-state index contributed by atoms with van der Waals surface area (Å²) >= 11 is 17.8. The molecule has 5 nitrogen and oxygen atoms in total. The van der Waals surface area contributed by atoms with Gasteiger partial charge in [0.1, 0.15) is 0 Å². The maximum Gasteiger partial charge on any atom is 0.243 e. The van der Waals surface area contributed by atoms with Gasteiger partial charge in [0.2, 0.25) is 11.8 Å². The molecule has 182 valence electrons. The number of benzene rings is 2. The number of unbranched alkanes of at least 4 members (excludes halogenated alkanes) is 2. The summed E-state index contributed by atoms with van der Waals surface area (Å²) in [5, 5.41) is 7.51. The molecular weight excluding hydrogens is 493 g/mol. The number of carbonyl (C=O) groups excluding carboxylic acids is 2. The van der Waals surface area contributed by atoms with E-state index < -0.39 is 0 Å². The van der Waals surface area contributed by atoms with E-state index in [1.807, 2.05) is 18.2 Å². The fourth-order valence-corrected chi connectivity index (χ4v) is 4.38. The molecule has 2 amide bonds. The van der Waals surface area contributed by atoms with Crippen LogP contribution in [0.5, 0.6) is 0 Å². The maximum atomic E-state index is 12.6. The Morgan fingerprint density at radius 1 is 1.00 bits per heavy atom. The van der Waals surface area contributed by atoms with E-state index in [0.717, 1.165) is 63.0 Å². The molecule has 0 aromatic heterocycles. The second kappa shape index (κ2) is 13.7. The molecule has 1 heterocycles. The fourth-order valence-electron chi connectivity index (χ4n) is 3.95. The molecule has 2 aromatic carbocycles. The lowest BCUT2D eigenvalue weighted by Gasteiger charge is -2.32. The number of carbonyl (C=O) groups is 2. The second-order valence-corrected chi connectivity index (χ2v) is 9.75. The van der Waals surface area contributed by atoms with E-state index >= 15 is 0 Å². The highest BCUT2D eigenvalue weighted by Crippen LogP contribution is 2.23. The van der Waals surface area contributed by atoms with Gasteiger partial charge in [-0.3, -0.25) is 9.59 Å². The number of hydrogen-bond donors (Lipinski definition) is 2. The topological polar surface area (TPSA) is 61.4 Å². The van der Waals surface area contributed by atoms with Crippen molar-refractivity contribution in [3.63, 3.8) is 0 Å². The first-order chi connectivity index (χ1) is 16.4. The number of amides is 2. The molecule has 1 atom stereocenters. The molecule has 0 bridgehead atoms. The molecule has 0 spiro atoms. The van der Waals surface area contributed by atoms with E-state index in [1.54, 1.807) is 30.3 Å². The number of likely N-dealkylation sites (tertiary alicyclic amines) is 1. The van der Waals surface area contributed by atoms with Crippen molar-refractivity contribution in [3.05, 3.63) is 69.2 Å². The molecule has 2 N–H and O–H groups in total. The summed E-state index contributed by atoms with van der Waals surface area (Å²) < 4.78 is 0. The molecule has 0 radical (unpaired) electrons. The Labute approximate surface area is 216 Å². The van der Waals surface area contributed by atoms with Crippen LogP contribution in [0.3, 0.4) is 0 Å². The van der Waals surface area contributed by atoms with E-state index in [1.165, 1.54) is 6.08 Å². The molecule has 1 aliphatic rings. The van der Waals surface area contributed by atoms with Crippen LogP contribution in [0.1, 0.15) is 37.7 Å². The van der Waals surface area contributed by atoms with Crippen LogP contribution in [0.25, 0.3) is 6.08 Å². The van der Waals surface area contributed by atoms with Gasteiger partial charge in [0.05, 0.1) is 16.0 Å². The average Bonchev–Trinajstić information content (AvgIpc) is 2.83. The van der Waals surface area contributed by atoms with Crippen molar-refractivity contribution in [2.24, 2.45) is 5.92 Å². The number of rotatable bonds is 10. The molecule has 1 saturated heterocycles. The second-order valence-electron chi connectivity index (χ2n) is 8.49. The molecule has 1 unspecified atom stereocenters. The highest BCUT2D eigenvalue weighted by molar-refractivity contribution is 6.42. The van der Waals surface area contributed by atoms with Crippen LogP contribution in [0.15, 0.2) is 48.5 Å². The Morgan fingerprint density at radius 3 is 2.56 bits per heavy atom. The van der Waals surface area contributed by atoms with Crippen LogP contribution in [0, 0.1) is 5.92 Å². The van der Waals surface area contributed by atoms with Gasteiger partial charge in [0.25, 0.3) is 0 Å². The smallest absolute Gasteiger partial charge is 0.243 e. The van der Waals surface area contributed by atoms with E-state index in [9.17, 15) is 9.59 Å². The largest absolute Gasteiger partial charge is 0.353 e. The Balaban J connectivity index is 1.29. The predicted molar refractivity (Wildman–Crippen MR) is 142 cm³/mol. The van der Waals surface area contributed by atoms with Gasteiger partial charge >= 0.3 is 0 Å². The molecule has 1 fully saturated rings. The molecule has 1 aliphatic heterocycles. The van der Waals surface area contributed by atoms with Gasteiger partial charge in [0.15, 0.2) is 0 Å². The van der Waals surface area contributed by atoms with Crippen LogP contribution in [0.4, 0.5) is 5.69 Å². The summed E-state index contributed by atoms with van der Waals surface area (Å²) in [5.41, 5.74) is 1.60.